The van der Waals surface area contributed by atoms with Crippen molar-refractivity contribution in [2.75, 3.05) is 0 Å². The van der Waals surface area contributed by atoms with E-state index in [0.29, 0.717) is 0 Å². The first-order valence-electron chi connectivity index (χ1n) is 2.23. The Morgan fingerprint density at radius 1 is 1.00 bits per heavy atom. The Labute approximate surface area is 134 Å². The van der Waals surface area contributed by atoms with Crippen LogP contribution in [0.2, 0.25) is 0 Å². The van der Waals surface area contributed by atoms with Crippen LogP contribution in [0.25, 0.3) is 0 Å². The largest absolute Gasteiger partial charge is 1.00 e. The summed E-state index contributed by atoms with van der Waals surface area (Å²) in [5.74, 6) is 0. The minimum absolute atomic E-state index is 0. The van der Waals surface area contributed by atoms with Gasteiger partial charge in [0, 0.05) is 0 Å². The molecule has 0 heterocycles. The van der Waals surface area contributed by atoms with Crippen LogP contribution < -0.4 is 57.5 Å². The molecule has 0 aromatic heterocycles. The molecule has 16 heavy (non-hydrogen) atoms. The van der Waals surface area contributed by atoms with Crippen molar-refractivity contribution in [1.82, 2.24) is 6.15 Å². The number of hydrogen-bond donors (Lipinski definition) is 7. The van der Waals surface area contributed by atoms with Gasteiger partial charge in [-0.2, -0.15) is 8.42 Å². The van der Waals surface area contributed by atoms with Gasteiger partial charge >= 0.3 is 77.4 Å². The Bertz CT molecular complexity index is 343. The Morgan fingerprint density at radius 3 is 1.19 bits per heavy atom. The fourth-order valence-electron chi connectivity index (χ4n) is 0.123. The molecular formula is H10KNO11P2S. The smallest absolute Gasteiger partial charge is 1.00 e. The van der Waals surface area contributed by atoms with Crippen LogP contribution in [0.5, 0.6) is 0 Å². The molecule has 0 saturated heterocycles. The maximum absolute atomic E-state index is 9.58. The van der Waals surface area contributed by atoms with Gasteiger partial charge in [0.05, 0.1) is 0 Å². The molecule has 0 saturated carbocycles. The van der Waals surface area contributed by atoms with E-state index in [0.717, 1.165) is 0 Å². The first kappa shape index (κ1) is 26.3. The molecular weight excluding hydrogens is 323 g/mol. The van der Waals surface area contributed by atoms with Crippen LogP contribution >= 0.6 is 15.6 Å². The van der Waals surface area contributed by atoms with Crippen molar-refractivity contribution < 1.29 is 103 Å². The molecule has 0 aromatic rings. The van der Waals surface area contributed by atoms with Gasteiger partial charge in [-0.3, -0.25) is 4.55 Å². The molecule has 9 N–H and O–H groups in total. The summed E-state index contributed by atoms with van der Waals surface area (Å²) < 4.78 is 47.9. The second kappa shape index (κ2) is 9.63. The molecule has 98 valence electrons. The Morgan fingerprint density at radius 2 is 1.19 bits per heavy atom. The van der Waals surface area contributed by atoms with Crippen molar-refractivity contribution >= 4 is 26.0 Å². The molecule has 0 aliphatic heterocycles. The van der Waals surface area contributed by atoms with E-state index in [9.17, 15) is 13.0 Å². The van der Waals surface area contributed by atoms with Crippen LogP contribution in [-0.2, 0) is 23.5 Å². The molecule has 0 radical (unpaired) electrons. The van der Waals surface area contributed by atoms with E-state index in [2.05, 4.69) is 3.97 Å². The zero-order chi connectivity index (χ0) is 12.2. The quantitative estimate of drug-likeness (QED) is 0.143. The predicted molar refractivity (Wildman–Crippen MR) is 45.1 cm³/mol. The summed E-state index contributed by atoms with van der Waals surface area (Å²) >= 11 is 0. The Hall–Kier alpha value is 1.73. The molecule has 0 unspecified atom stereocenters. The van der Waals surface area contributed by atoms with Gasteiger partial charge in [-0.25, -0.2) is 9.13 Å². The summed E-state index contributed by atoms with van der Waals surface area (Å²) in [4.78, 5) is 37.0. The maximum atomic E-state index is 9.58. The molecule has 0 spiro atoms. The Balaban J connectivity index is -0.0000000533. The normalized spacial score (nSPS) is 11.4. The average Bonchev–Trinajstić information content (AvgIpc) is 1.42. The van der Waals surface area contributed by atoms with Gasteiger partial charge in [0.15, 0.2) is 0 Å². The van der Waals surface area contributed by atoms with E-state index in [4.69, 9.17) is 33.6 Å². The number of hydrogen-bond acceptors (Lipinski definition) is 6. The minimum Gasteiger partial charge on any atom is -1.00 e. The monoisotopic (exact) mass is 333 g/mol. The van der Waals surface area contributed by atoms with Crippen LogP contribution in [0, 0.1) is 0 Å². The van der Waals surface area contributed by atoms with Gasteiger partial charge in [0.25, 0.3) is 0 Å². The van der Waals surface area contributed by atoms with Crippen molar-refractivity contribution in [3.63, 3.8) is 0 Å². The van der Waals surface area contributed by atoms with Crippen molar-refractivity contribution in [2.45, 2.75) is 0 Å². The summed E-state index contributed by atoms with van der Waals surface area (Å²) in [6.45, 7) is 0. The van der Waals surface area contributed by atoms with Gasteiger partial charge in [-0.1, -0.05) is 0 Å². The fraction of sp³-hybridized carbons (Fsp3) is 0. The van der Waals surface area contributed by atoms with Crippen LogP contribution in [0.4, 0.5) is 0 Å². The van der Waals surface area contributed by atoms with Crippen LogP contribution in [0.3, 0.4) is 0 Å². The molecule has 16 heteroatoms. The zero-order valence-corrected chi connectivity index (χ0v) is 13.5. The molecule has 0 bridgehead atoms. The molecule has 0 atom stereocenters. The third kappa shape index (κ3) is 57.1. The standard InChI is InChI=1S/K.H3N.H3O7PS.H3O4P.H/c;;1-8(2,3)7-9(4,5)6;1-5(2,3)4;/h;1H3;(H2,1,2,3)(H,4,5,6);(H3,1,2,3,4);/q+1;;;;-1. The van der Waals surface area contributed by atoms with Crippen molar-refractivity contribution in [1.29, 1.82) is 0 Å². The fourth-order valence-corrected chi connectivity index (χ4v) is 1.10. The van der Waals surface area contributed by atoms with Gasteiger partial charge in [-0.05, 0) is 0 Å². The topological polar surface area (TPSA) is 234 Å². The molecule has 0 aliphatic rings. The summed E-state index contributed by atoms with van der Waals surface area (Å²) in [5, 5.41) is 0. The second-order valence-corrected chi connectivity index (χ2v) is 4.97. The second-order valence-electron chi connectivity index (χ2n) is 1.51. The van der Waals surface area contributed by atoms with E-state index < -0.39 is 26.0 Å². The van der Waals surface area contributed by atoms with Crippen molar-refractivity contribution in [3.05, 3.63) is 0 Å². The molecule has 0 amide bonds. The van der Waals surface area contributed by atoms with Gasteiger partial charge in [0.1, 0.15) is 0 Å². The van der Waals surface area contributed by atoms with E-state index in [-0.39, 0.29) is 59.0 Å². The van der Waals surface area contributed by atoms with E-state index in [1.165, 1.54) is 0 Å². The third-order valence-electron chi connectivity index (χ3n) is 0.191. The van der Waals surface area contributed by atoms with Crippen LogP contribution in [0.1, 0.15) is 1.43 Å². The van der Waals surface area contributed by atoms with Gasteiger partial charge in [-0.15, -0.1) is 3.97 Å². The maximum Gasteiger partial charge on any atom is 1.00 e. The molecule has 12 nitrogen and oxygen atoms in total. The van der Waals surface area contributed by atoms with Crippen LogP contribution in [0.15, 0.2) is 0 Å². The SMILES string of the molecule is N.O=P(O)(O)O.O=P(O)(O)OS(=O)(=O)O.[H-].[K+]. The number of rotatable bonds is 2. The zero-order valence-electron chi connectivity index (χ0n) is 8.73. The first-order valence-corrected chi connectivity index (χ1v) is 6.69. The summed E-state index contributed by atoms with van der Waals surface area (Å²) in [5.41, 5.74) is 0. The Kier molecular flexibility index (Phi) is 15.8. The first-order chi connectivity index (χ1) is 5.71. The summed E-state index contributed by atoms with van der Waals surface area (Å²) in [7, 11) is -14.8. The van der Waals surface area contributed by atoms with Gasteiger partial charge < -0.3 is 32.0 Å². The number of phosphoric acid groups is 2. The minimum atomic E-state index is -5.13. The molecule has 0 aromatic carbocycles. The summed E-state index contributed by atoms with van der Waals surface area (Å²) in [6, 6.07) is 0. The third-order valence-corrected chi connectivity index (χ3v) is 1.72. The van der Waals surface area contributed by atoms with Gasteiger partial charge in [0.2, 0.25) is 0 Å². The summed E-state index contributed by atoms with van der Waals surface area (Å²) in [6.07, 6.45) is 0. The van der Waals surface area contributed by atoms with E-state index in [1.54, 1.807) is 0 Å². The average molecular weight is 333 g/mol. The predicted octanol–water partition coefficient (Wildman–Crippen LogP) is -4.75. The molecule has 0 rings (SSSR count). The van der Waals surface area contributed by atoms with E-state index in [1.807, 2.05) is 0 Å². The van der Waals surface area contributed by atoms with Crippen LogP contribution in [-0.4, -0.2) is 37.4 Å². The van der Waals surface area contributed by atoms with Crippen molar-refractivity contribution in [2.24, 2.45) is 0 Å². The van der Waals surface area contributed by atoms with Crippen molar-refractivity contribution in [3.8, 4) is 0 Å². The van der Waals surface area contributed by atoms with E-state index >= 15 is 0 Å². The molecule has 0 aliphatic carbocycles. The molecule has 0 fully saturated rings.